The van der Waals surface area contributed by atoms with Crippen LogP contribution >= 0.6 is 0 Å². The molecule has 0 aliphatic heterocycles. The number of aryl methyl sites for hydroxylation is 1. The Morgan fingerprint density at radius 3 is 2.79 bits per heavy atom. The van der Waals surface area contributed by atoms with Gasteiger partial charge in [-0.25, -0.2) is 4.98 Å². The van der Waals surface area contributed by atoms with E-state index in [2.05, 4.69) is 36.2 Å². The van der Waals surface area contributed by atoms with Crippen molar-refractivity contribution in [2.75, 3.05) is 0 Å². The maximum atomic E-state index is 10.9. The van der Waals surface area contributed by atoms with Gasteiger partial charge in [0.1, 0.15) is 24.5 Å². The van der Waals surface area contributed by atoms with E-state index < -0.39 is 5.97 Å². The van der Waals surface area contributed by atoms with Crippen molar-refractivity contribution >= 4 is 17.0 Å². The SMILES string of the molecule is Cc1ccccc1-c1cccc(COc2cnc3c(ccn3CC(=O)O)c2)c1. The van der Waals surface area contributed by atoms with Crippen molar-refractivity contribution in [1.82, 2.24) is 9.55 Å². The topological polar surface area (TPSA) is 64.4 Å². The molecule has 0 atom stereocenters. The number of hydrogen-bond acceptors (Lipinski definition) is 3. The average Bonchev–Trinajstić information content (AvgIpc) is 3.08. The Bertz CT molecular complexity index is 1150. The maximum Gasteiger partial charge on any atom is 0.323 e. The van der Waals surface area contributed by atoms with E-state index in [-0.39, 0.29) is 6.54 Å². The van der Waals surface area contributed by atoms with Crippen LogP contribution in [-0.4, -0.2) is 20.6 Å². The van der Waals surface area contributed by atoms with Crippen LogP contribution in [0.1, 0.15) is 11.1 Å². The number of carboxylic acids is 1. The largest absolute Gasteiger partial charge is 0.487 e. The summed E-state index contributed by atoms with van der Waals surface area (Å²) in [7, 11) is 0. The van der Waals surface area contributed by atoms with Gasteiger partial charge in [0, 0.05) is 11.6 Å². The second-order valence-corrected chi connectivity index (χ2v) is 6.73. The smallest absolute Gasteiger partial charge is 0.323 e. The van der Waals surface area contributed by atoms with Crippen LogP contribution in [0.25, 0.3) is 22.2 Å². The van der Waals surface area contributed by atoms with Crippen LogP contribution in [0.2, 0.25) is 0 Å². The number of aromatic nitrogens is 2. The second kappa shape index (κ2) is 7.56. The molecule has 0 fully saturated rings. The molecule has 0 saturated heterocycles. The molecule has 1 N–H and O–H groups in total. The molecule has 0 aliphatic rings. The minimum Gasteiger partial charge on any atom is -0.487 e. The van der Waals surface area contributed by atoms with Crippen molar-refractivity contribution in [2.45, 2.75) is 20.1 Å². The molecule has 2 aromatic heterocycles. The van der Waals surface area contributed by atoms with Gasteiger partial charge >= 0.3 is 5.97 Å². The Labute approximate surface area is 162 Å². The molecule has 0 unspecified atom stereocenters. The standard InChI is InChI=1S/C23H20N2O3/c1-16-5-2-3-8-21(16)18-7-4-6-17(11-18)15-28-20-12-19-9-10-25(14-22(26)27)23(19)24-13-20/h2-13H,14-15H2,1H3,(H,26,27). The fourth-order valence-corrected chi connectivity index (χ4v) is 3.30. The fraction of sp³-hybridized carbons (Fsp3) is 0.130. The summed E-state index contributed by atoms with van der Waals surface area (Å²) in [5.41, 5.74) is 5.33. The van der Waals surface area contributed by atoms with Crippen LogP contribution < -0.4 is 4.74 Å². The molecule has 5 nitrogen and oxygen atoms in total. The van der Waals surface area contributed by atoms with Gasteiger partial charge in [-0.1, -0.05) is 42.5 Å². The minimum atomic E-state index is -0.895. The maximum absolute atomic E-state index is 10.9. The highest BCUT2D eigenvalue weighted by Crippen LogP contribution is 2.25. The summed E-state index contributed by atoms with van der Waals surface area (Å²) < 4.78 is 7.53. The van der Waals surface area contributed by atoms with Crippen LogP contribution in [0.15, 0.2) is 73.1 Å². The minimum absolute atomic E-state index is 0.109. The van der Waals surface area contributed by atoms with Crippen LogP contribution in [0.5, 0.6) is 5.75 Å². The van der Waals surface area contributed by atoms with Gasteiger partial charge in [0.25, 0.3) is 0 Å². The number of nitrogens with zero attached hydrogens (tertiary/aromatic N) is 2. The van der Waals surface area contributed by atoms with Gasteiger partial charge in [0.2, 0.25) is 0 Å². The van der Waals surface area contributed by atoms with Gasteiger partial charge in [0.05, 0.1) is 6.20 Å². The Balaban J connectivity index is 1.51. The quantitative estimate of drug-likeness (QED) is 0.534. The second-order valence-electron chi connectivity index (χ2n) is 6.73. The summed E-state index contributed by atoms with van der Waals surface area (Å²) in [5, 5.41) is 9.81. The number of carbonyl (C=O) groups is 1. The fourth-order valence-electron chi connectivity index (χ4n) is 3.30. The van der Waals surface area contributed by atoms with Crippen molar-refractivity contribution in [3.05, 3.63) is 84.2 Å². The Hall–Kier alpha value is -3.60. The van der Waals surface area contributed by atoms with Crippen LogP contribution in [0.4, 0.5) is 0 Å². The summed E-state index contributed by atoms with van der Waals surface area (Å²) in [5.74, 6) is -0.241. The van der Waals surface area contributed by atoms with E-state index in [1.807, 2.05) is 36.4 Å². The molecule has 4 rings (SSSR count). The first-order chi connectivity index (χ1) is 13.6. The monoisotopic (exact) mass is 372 g/mol. The zero-order chi connectivity index (χ0) is 19.5. The predicted molar refractivity (Wildman–Crippen MR) is 108 cm³/mol. The first-order valence-corrected chi connectivity index (χ1v) is 9.04. The lowest BCUT2D eigenvalue weighted by atomic mass is 9.99. The van der Waals surface area contributed by atoms with Crippen LogP contribution in [0, 0.1) is 6.92 Å². The Morgan fingerprint density at radius 1 is 1.11 bits per heavy atom. The molecule has 4 aromatic rings. The van der Waals surface area contributed by atoms with Crippen molar-refractivity contribution < 1.29 is 14.6 Å². The molecular weight excluding hydrogens is 352 g/mol. The molecular formula is C23H20N2O3. The highest BCUT2D eigenvalue weighted by molar-refractivity contribution is 5.79. The molecule has 2 heterocycles. The summed E-state index contributed by atoms with van der Waals surface area (Å²) in [6.45, 7) is 2.43. The number of benzene rings is 2. The molecule has 0 bridgehead atoms. The van der Waals surface area contributed by atoms with E-state index in [0.29, 0.717) is 18.0 Å². The highest BCUT2D eigenvalue weighted by atomic mass is 16.5. The van der Waals surface area contributed by atoms with E-state index in [4.69, 9.17) is 9.84 Å². The van der Waals surface area contributed by atoms with Crippen molar-refractivity contribution in [2.24, 2.45) is 0 Å². The van der Waals surface area contributed by atoms with Crippen molar-refractivity contribution in [1.29, 1.82) is 0 Å². The number of carboxylic acid groups (broad SMARTS) is 1. The molecule has 0 saturated carbocycles. The van der Waals surface area contributed by atoms with Crippen LogP contribution in [0.3, 0.4) is 0 Å². The van der Waals surface area contributed by atoms with Gasteiger partial charge in [-0.05, 0) is 47.4 Å². The van der Waals surface area contributed by atoms with E-state index in [0.717, 1.165) is 10.9 Å². The number of pyridine rings is 1. The van der Waals surface area contributed by atoms with Crippen LogP contribution in [-0.2, 0) is 17.9 Å². The molecule has 28 heavy (non-hydrogen) atoms. The first-order valence-electron chi connectivity index (χ1n) is 9.04. The Morgan fingerprint density at radius 2 is 1.96 bits per heavy atom. The highest BCUT2D eigenvalue weighted by Gasteiger charge is 2.08. The van der Waals surface area contributed by atoms with E-state index in [1.54, 1.807) is 17.0 Å². The van der Waals surface area contributed by atoms with Gasteiger partial charge in [-0.15, -0.1) is 0 Å². The van der Waals surface area contributed by atoms with Gasteiger partial charge in [-0.2, -0.15) is 0 Å². The summed E-state index contributed by atoms with van der Waals surface area (Å²) >= 11 is 0. The molecule has 0 amide bonds. The van der Waals surface area contributed by atoms with Gasteiger partial charge < -0.3 is 14.4 Å². The lowest BCUT2D eigenvalue weighted by molar-refractivity contribution is -0.137. The third kappa shape index (κ3) is 3.74. The lowest BCUT2D eigenvalue weighted by Crippen LogP contribution is -2.07. The summed E-state index contributed by atoms with van der Waals surface area (Å²) in [4.78, 5) is 15.3. The zero-order valence-corrected chi connectivity index (χ0v) is 15.5. The zero-order valence-electron chi connectivity index (χ0n) is 15.5. The number of aliphatic carboxylic acids is 1. The number of fused-ring (bicyclic) bond motifs is 1. The first kappa shape index (κ1) is 17.8. The average molecular weight is 372 g/mol. The number of rotatable bonds is 6. The number of hydrogen-bond donors (Lipinski definition) is 1. The molecule has 140 valence electrons. The van der Waals surface area contributed by atoms with E-state index >= 15 is 0 Å². The van der Waals surface area contributed by atoms with E-state index in [9.17, 15) is 4.79 Å². The molecule has 0 aliphatic carbocycles. The summed E-state index contributed by atoms with van der Waals surface area (Å²) in [6.07, 6.45) is 3.35. The third-order valence-corrected chi connectivity index (χ3v) is 4.67. The Kier molecular flexibility index (Phi) is 4.81. The van der Waals surface area contributed by atoms with Crippen molar-refractivity contribution in [3.8, 4) is 16.9 Å². The molecule has 0 radical (unpaired) electrons. The third-order valence-electron chi connectivity index (χ3n) is 4.67. The molecule has 2 aromatic carbocycles. The van der Waals surface area contributed by atoms with Gasteiger partial charge in [0.15, 0.2) is 0 Å². The normalized spacial score (nSPS) is 10.9. The molecule has 0 spiro atoms. The molecule has 5 heteroatoms. The summed E-state index contributed by atoms with van der Waals surface area (Å²) in [6, 6.07) is 20.3. The number of ether oxygens (including phenoxy) is 1. The van der Waals surface area contributed by atoms with Crippen molar-refractivity contribution in [3.63, 3.8) is 0 Å². The lowest BCUT2D eigenvalue weighted by Gasteiger charge is -2.10. The van der Waals surface area contributed by atoms with E-state index in [1.165, 1.54) is 16.7 Å². The predicted octanol–water partition coefficient (Wildman–Crippen LogP) is 4.68. The van der Waals surface area contributed by atoms with Gasteiger partial charge in [-0.3, -0.25) is 4.79 Å².